The molecule has 7 heteroatoms. The third-order valence-electron chi connectivity index (χ3n) is 1.89. The lowest BCUT2D eigenvalue weighted by Gasteiger charge is -2.11. The van der Waals surface area contributed by atoms with Crippen LogP contribution in [0.4, 0.5) is 8.78 Å². The van der Waals surface area contributed by atoms with Crippen molar-refractivity contribution in [1.29, 1.82) is 5.26 Å². The van der Waals surface area contributed by atoms with Crippen molar-refractivity contribution in [2.75, 3.05) is 7.11 Å². The maximum atomic E-state index is 12.0. The first-order valence-corrected chi connectivity index (χ1v) is 4.30. The van der Waals surface area contributed by atoms with Gasteiger partial charge in [-0.05, 0) is 12.1 Å². The number of aromatic carboxylic acids is 1. The number of hydrogen-bond acceptors (Lipinski definition) is 4. The Bertz CT molecular complexity index is 482. The van der Waals surface area contributed by atoms with Crippen LogP contribution in [-0.4, -0.2) is 24.8 Å². The Morgan fingerprint density at radius 3 is 2.47 bits per heavy atom. The Morgan fingerprint density at radius 1 is 1.47 bits per heavy atom. The summed E-state index contributed by atoms with van der Waals surface area (Å²) in [6.45, 7) is -3.14. The van der Waals surface area contributed by atoms with E-state index in [1.807, 2.05) is 0 Å². The molecule has 0 aromatic heterocycles. The number of alkyl halides is 2. The van der Waals surface area contributed by atoms with Gasteiger partial charge in [-0.25, -0.2) is 4.79 Å². The molecule has 0 unspecified atom stereocenters. The molecule has 0 atom stereocenters. The summed E-state index contributed by atoms with van der Waals surface area (Å²) in [7, 11) is 1.20. The van der Waals surface area contributed by atoms with Gasteiger partial charge in [0.25, 0.3) is 0 Å². The summed E-state index contributed by atoms with van der Waals surface area (Å²) in [5.74, 6) is -2.06. The molecule has 0 heterocycles. The lowest BCUT2D eigenvalue weighted by molar-refractivity contribution is -0.0501. The first kappa shape index (κ1) is 12.7. The number of hydrogen-bond donors (Lipinski definition) is 1. The van der Waals surface area contributed by atoms with E-state index in [0.29, 0.717) is 0 Å². The Morgan fingerprint density at radius 2 is 2.06 bits per heavy atom. The fourth-order valence-electron chi connectivity index (χ4n) is 1.25. The molecule has 0 fully saturated rings. The van der Waals surface area contributed by atoms with Crippen molar-refractivity contribution in [2.45, 2.75) is 6.61 Å². The first-order valence-electron chi connectivity index (χ1n) is 4.30. The normalized spacial score (nSPS) is 9.82. The van der Waals surface area contributed by atoms with Crippen LogP contribution in [0.15, 0.2) is 12.1 Å². The van der Waals surface area contributed by atoms with Gasteiger partial charge in [-0.3, -0.25) is 0 Å². The van der Waals surface area contributed by atoms with E-state index in [0.717, 1.165) is 12.1 Å². The molecule has 5 nitrogen and oxygen atoms in total. The molecule has 1 aromatic carbocycles. The van der Waals surface area contributed by atoms with Gasteiger partial charge in [0, 0.05) is 0 Å². The van der Waals surface area contributed by atoms with Crippen molar-refractivity contribution in [3.8, 4) is 17.6 Å². The summed E-state index contributed by atoms with van der Waals surface area (Å²) in [5.41, 5.74) is -1.01. The predicted octanol–water partition coefficient (Wildman–Crippen LogP) is 1.87. The highest BCUT2D eigenvalue weighted by atomic mass is 19.3. The third kappa shape index (κ3) is 2.60. The molecule has 0 radical (unpaired) electrons. The molecule has 1 rings (SSSR count). The van der Waals surface area contributed by atoms with Crippen molar-refractivity contribution >= 4 is 5.97 Å². The minimum Gasteiger partial charge on any atom is -0.496 e. The number of rotatable bonds is 4. The number of carboxylic acids is 1. The number of nitrogens with zero attached hydrogens (tertiary/aromatic N) is 1. The highest BCUT2D eigenvalue weighted by Crippen LogP contribution is 2.30. The van der Waals surface area contributed by atoms with E-state index < -0.39 is 29.5 Å². The van der Waals surface area contributed by atoms with E-state index in [-0.39, 0.29) is 5.75 Å². The van der Waals surface area contributed by atoms with Gasteiger partial charge in [0.05, 0.1) is 7.11 Å². The zero-order valence-corrected chi connectivity index (χ0v) is 8.61. The molecule has 0 aliphatic heterocycles. The zero-order chi connectivity index (χ0) is 13.0. The van der Waals surface area contributed by atoms with E-state index in [9.17, 15) is 13.6 Å². The number of ether oxygens (including phenoxy) is 2. The van der Waals surface area contributed by atoms with Crippen molar-refractivity contribution in [3.63, 3.8) is 0 Å². The molecular formula is C10H7F2NO4. The maximum absolute atomic E-state index is 12.0. The summed E-state index contributed by atoms with van der Waals surface area (Å²) in [5, 5.41) is 17.7. The lowest BCUT2D eigenvalue weighted by atomic mass is 10.1. The van der Waals surface area contributed by atoms with Crippen LogP contribution >= 0.6 is 0 Å². The van der Waals surface area contributed by atoms with E-state index in [1.165, 1.54) is 13.2 Å². The zero-order valence-electron chi connectivity index (χ0n) is 8.61. The van der Waals surface area contributed by atoms with Crippen LogP contribution in [0.1, 0.15) is 15.9 Å². The van der Waals surface area contributed by atoms with Crippen LogP contribution in [0, 0.1) is 11.3 Å². The van der Waals surface area contributed by atoms with Crippen LogP contribution in [-0.2, 0) is 0 Å². The summed E-state index contributed by atoms with van der Waals surface area (Å²) in [4.78, 5) is 10.9. The van der Waals surface area contributed by atoms with Gasteiger partial charge in [-0.2, -0.15) is 14.0 Å². The van der Waals surface area contributed by atoms with Crippen molar-refractivity contribution < 1.29 is 28.2 Å². The molecule has 0 aliphatic rings. The molecule has 0 bridgehead atoms. The molecule has 1 aromatic rings. The average molecular weight is 243 g/mol. The molecule has 0 spiro atoms. The third-order valence-corrected chi connectivity index (χ3v) is 1.89. The second kappa shape index (κ2) is 5.12. The van der Waals surface area contributed by atoms with Gasteiger partial charge < -0.3 is 14.6 Å². The fourth-order valence-corrected chi connectivity index (χ4v) is 1.25. The van der Waals surface area contributed by atoms with Crippen molar-refractivity contribution in [1.82, 2.24) is 0 Å². The van der Waals surface area contributed by atoms with E-state index in [4.69, 9.17) is 15.1 Å². The van der Waals surface area contributed by atoms with Gasteiger partial charge in [0.1, 0.15) is 28.7 Å². The van der Waals surface area contributed by atoms with E-state index >= 15 is 0 Å². The SMILES string of the molecule is COc1ccc(OC(F)F)c(C#N)c1C(=O)O. The Balaban J connectivity index is 3.42. The lowest BCUT2D eigenvalue weighted by Crippen LogP contribution is -2.09. The van der Waals surface area contributed by atoms with E-state index in [2.05, 4.69) is 4.74 Å². The molecule has 1 N–H and O–H groups in total. The largest absolute Gasteiger partial charge is 0.496 e. The van der Waals surface area contributed by atoms with Gasteiger partial charge in [-0.15, -0.1) is 0 Å². The molecule has 0 aliphatic carbocycles. The minimum atomic E-state index is -3.14. The maximum Gasteiger partial charge on any atom is 0.387 e. The van der Waals surface area contributed by atoms with Gasteiger partial charge in [0.15, 0.2) is 0 Å². The monoisotopic (exact) mass is 243 g/mol. The fraction of sp³-hybridized carbons (Fsp3) is 0.200. The van der Waals surface area contributed by atoms with Crippen LogP contribution in [0.3, 0.4) is 0 Å². The average Bonchev–Trinajstić information content (AvgIpc) is 2.27. The van der Waals surface area contributed by atoms with Gasteiger partial charge >= 0.3 is 12.6 Å². The standard InChI is InChI=1S/C10H7F2NO4/c1-16-7-3-2-6(17-10(11)12)5(4-13)8(7)9(14)15/h2-3,10H,1H3,(H,14,15). The quantitative estimate of drug-likeness (QED) is 0.873. The topological polar surface area (TPSA) is 79.5 Å². The predicted molar refractivity (Wildman–Crippen MR) is 51.3 cm³/mol. The molecule has 0 amide bonds. The number of halogens is 2. The second-order valence-corrected chi connectivity index (χ2v) is 2.81. The van der Waals surface area contributed by atoms with Crippen LogP contribution in [0.5, 0.6) is 11.5 Å². The van der Waals surface area contributed by atoms with Crippen LogP contribution in [0.25, 0.3) is 0 Å². The number of carboxylic acid groups (broad SMARTS) is 1. The number of nitriles is 1. The Hall–Kier alpha value is -2.36. The molecular weight excluding hydrogens is 236 g/mol. The number of methoxy groups -OCH3 is 1. The van der Waals surface area contributed by atoms with Crippen molar-refractivity contribution in [2.24, 2.45) is 0 Å². The summed E-state index contributed by atoms with van der Waals surface area (Å²) in [6, 6.07) is 3.70. The Kier molecular flexibility index (Phi) is 3.82. The second-order valence-electron chi connectivity index (χ2n) is 2.81. The number of benzene rings is 1. The van der Waals surface area contributed by atoms with Crippen LogP contribution < -0.4 is 9.47 Å². The van der Waals surface area contributed by atoms with Crippen molar-refractivity contribution in [3.05, 3.63) is 23.3 Å². The highest BCUT2D eigenvalue weighted by molar-refractivity contribution is 5.94. The summed E-state index contributed by atoms with van der Waals surface area (Å²) < 4.78 is 32.9. The van der Waals surface area contributed by atoms with Gasteiger partial charge in [0.2, 0.25) is 0 Å². The summed E-state index contributed by atoms with van der Waals surface area (Å²) >= 11 is 0. The molecule has 17 heavy (non-hydrogen) atoms. The van der Waals surface area contributed by atoms with Gasteiger partial charge in [-0.1, -0.05) is 0 Å². The van der Waals surface area contributed by atoms with E-state index in [1.54, 1.807) is 0 Å². The minimum absolute atomic E-state index is 0.101. The highest BCUT2D eigenvalue weighted by Gasteiger charge is 2.22. The molecule has 0 saturated heterocycles. The Labute approximate surface area is 94.8 Å². The number of carbonyl (C=O) groups is 1. The smallest absolute Gasteiger partial charge is 0.387 e. The molecule has 0 saturated carbocycles. The summed E-state index contributed by atoms with van der Waals surface area (Å²) in [6.07, 6.45) is 0. The first-order chi connectivity index (χ1) is 8.01. The van der Waals surface area contributed by atoms with Crippen LogP contribution in [0.2, 0.25) is 0 Å². The molecule has 90 valence electrons.